The molecule has 0 saturated carbocycles. The predicted molar refractivity (Wildman–Crippen MR) is 190 cm³/mol. The van der Waals surface area contributed by atoms with E-state index < -0.39 is 0 Å². The van der Waals surface area contributed by atoms with Gasteiger partial charge in [-0.1, -0.05) is 93.5 Å². The fourth-order valence-corrected chi connectivity index (χ4v) is 6.11. The molecule has 4 heteroatoms. The van der Waals surface area contributed by atoms with Gasteiger partial charge in [0.2, 0.25) is 0 Å². The molecule has 45 heavy (non-hydrogen) atoms. The van der Waals surface area contributed by atoms with Crippen LogP contribution in [0.25, 0.3) is 5.57 Å². The number of benzene rings is 3. The summed E-state index contributed by atoms with van der Waals surface area (Å²) in [6.07, 6.45) is 3.43. The lowest BCUT2D eigenvalue weighted by Crippen LogP contribution is -2.24. The van der Waals surface area contributed by atoms with E-state index in [2.05, 4.69) is 117 Å². The number of carbonyl (C=O) groups excluding carboxylic acids is 1. The zero-order chi connectivity index (χ0) is 33.3. The molecular formula is C41H55NO3. The van der Waals surface area contributed by atoms with E-state index in [0.717, 1.165) is 30.1 Å². The normalized spacial score (nSPS) is 14.6. The molecule has 0 atom stereocenters. The van der Waals surface area contributed by atoms with Crippen LogP contribution in [0.15, 0.2) is 60.7 Å². The van der Waals surface area contributed by atoms with E-state index in [1.165, 1.54) is 33.4 Å². The molecule has 0 aromatic heterocycles. The van der Waals surface area contributed by atoms with E-state index >= 15 is 0 Å². The van der Waals surface area contributed by atoms with Crippen LogP contribution in [0, 0.1) is 5.92 Å². The van der Waals surface area contributed by atoms with Gasteiger partial charge >= 0.3 is 5.97 Å². The monoisotopic (exact) mass is 609 g/mol. The Balaban J connectivity index is 1.85. The van der Waals surface area contributed by atoms with Gasteiger partial charge in [0.15, 0.2) is 0 Å². The maximum absolute atomic E-state index is 12.4. The molecule has 0 radical (unpaired) electrons. The summed E-state index contributed by atoms with van der Waals surface area (Å²) < 4.78 is 12.1. The van der Waals surface area contributed by atoms with Gasteiger partial charge in [0, 0.05) is 12.2 Å². The second-order valence-corrected chi connectivity index (χ2v) is 15.5. The van der Waals surface area contributed by atoms with Crippen molar-refractivity contribution in [3.63, 3.8) is 0 Å². The largest absolute Gasteiger partial charge is 0.487 e. The molecule has 3 aromatic carbocycles. The van der Waals surface area contributed by atoms with E-state index in [-0.39, 0.29) is 22.2 Å². The highest BCUT2D eigenvalue weighted by molar-refractivity contribution is 5.90. The van der Waals surface area contributed by atoms with Crippen molar-refractivity contribution in [2.24, 2.45) is 5.92 Å². The van der Waals surface area contributed by atoms with Gasteiger partial charge in [0.25, 0.3) is 0 Å². The molecule has 4 nitrogen and oxygen atoms in total. The van der Waals surface area contributed by atoms with Gasteiger partial charge in [0.05, 0.1) is 17.9 Å². The molecule has 0 amide bonds. The minimum Gasteiger partial charge on any atom is -0.487 e. The van der Waals surface area contributed by atoms with Gasteiger partial charge in [0.1, 0.15) is 12.4 Å². The quantitative estimate of drug-likeness (QED) is 0.226. The number of esters is 1. The van der Waals surface area contributed by atoms with Gasteiger partial charge in [-0.15, -0.1) is 0 Å². The van der Waals surface area contributed by atoms with E-state index in [1.807, 2.05) is 31.2 Å². The van der Waals surface area contributed by atoms with Crippen LogP contribution in [-0.4, -0.2) is 19.1 Å². The molecule has 0 unspecified atom stereocenters. The first-order valence-corrected chi connectivity index (χ1v) is 16.7. The third-order valence-electron chi connectivity index (χ3n) is 9.01. The molecule has 1 aliphatic rings. The Bertz CT molecular complexity index is 1510. The first-order valence-electron chi connectivity index (χ1n) is 16.7. The van der Waals surface area contributed by atoms with Crippen LogP contribution >= 0.6 is 0 Å². The standard InChI is InChI=1S/C41H55NO3/c1-13-42(32-17-15-29(16-18-32)38(43)44-14-2)36-24-34-33(27(3)4)19-20-41(11,12)35(34)25-37(36)45-26-28-21-30(39(5,6)7)23-31(22-28)40(8,9)10/h15-19,21-25,27H,13-14,20,26H2,1-12H3. The fraction of sp³-hybridized carbons (Fsp3) is 0.488. The lowest BCUT2D eigenvalue weighted by molar-refractivity contribution is 0.0526. The van der Waals surface area contributed by atoms with Gasteiger partial charge in [-0.2, -0.15) is 0 Å². The average molecular weight is 610 g/mol. The molecule has 0 N–H and O–H groups in total. The van der Waals surface area contributed by atoms with Crippen molar-refractivity contribution in [3.8, 4) is 5.75 Å². The Kier molecular flexibility index (Phi) is 9.97. The maximum Gasteiger partial charge on any atom is 0.338 e. The van der Waals surface area contributed by atoms with Crippen molar-refractivity contribution in [1.82, 2.24) is 0 Å². The molecule has 0 aliphatic heterocycles. The molecule has 0 heterocycles. The van der Waals surface area contributed by atoms with Crippen LogP contribution < -0.4 is 9.64 Å². The SMILES string of the molecule is CCOC(=O)c1ccc(N(CC)c2cc3c(cc2OCc2cc(C(C)(C)C)cc(C(C)(C)C)c2)C(C)(C)CC=C3C(C)C)cc1. The number of anilines is 2. The average Bonchev–Trinajstić information content (AvgIpc) is 2.96. The highest BCUT2D eigenvalue weighted by Crippen LogP contribution is 2.47. The van der Waals surface area contributed by atoms with E-state index in [4.69, 9.17) is 9.47 Å². The highest BCUT2D eigenvalue weighted by atomic mass is 16.5. The number of hydrogen-bond donors (Lipinski definition) is 0. The Morgan fingerprint density at radius 3 is 2.00 bits per heavy atom. The molecule has 1 aliphatic carbocycles. The van der Waals surface area contributed by atoms with E-state index in [1.54, 1.807) is 0 Å². The maximum atomic E-state index is 12.4. The zero-order valence-electron chi connectivity index (χ0n) is 29.9. The Hall–Kier alpha value is -3.53. The van der Waals surface area contributed by atoms with Crippen LogP contribution in [0.3, 0.4) is 0 Å². The number of ether oxygens (including phenoxy) is 2. The smallest absolute Gasteiger partial charge is 0.338 e. The van der Waals surface area contributed by atoms with Crippen molar-refractivity contribution >= 4 is 22.9 Å². The number of rotatable bonds is 9. The topological polar surface area (TPSA) is 38.8 Å². The van der Waals surface area contributed by atoms with Gasteiger partial charge < -0.3 is 14.4 Å². The number of allylic oxidation sites excluding steroid dienone is 2. The lowest BCUT2D eigenvalue weighted by atomic mass is 9.71. The van der Waals surface area contributed by atoms with Gasteiger partial charge in [-0.25, -0.2) is 4.79 Å². The Morgan fingerprint density at radius 2 is 1.49 bits per heavy atom. The summed E-state index contributed by atoms with van der Waals surface area (Å²) >= 11 is 0. The third kappa shape index (κ3) is 7.65. The van der Waals surface area contributed by atoms with E-state index in [9.17, 15) is 4.79 Å². The fourth-order valence-electron chi connectivity index (χ4n) is 6.11. The summed E-state index contributed by atoms with van der Waals surface area (Å²) in [4.78, 5) is 14.7. The number of hydrogen-bond acceptors (Lipinski definition) is 4. The summed E-state index contributed by atoms with van der Waals surface area (Å²) in [5.74, 6) is 0.988. The first kappa shape index (κ1) is 34.3. The van der Waals surface area contributed by atoms with Crippen molar-refractivity contribution in [2.45, 2.75) is 112 Å². The molecule has 0 saturated heterocycles. The van der Waals surface area contributed by atoms with Crippen LogP contribution in [-0.2, 0) is 27.6 Å². The lowest BCUT2D eigenvalue weighted by Gasteiger charge is -2.36. The van der Waals surface area contributed by atoms with Crippen molar-refractivity contribution in [1.29, 1.82) is 0 Å². The number of nitrogens with zero attached hydrogens (tertiary/aromatic N) is 1. The molecule has 4 rings (SSSR count). The second kappa shape index (κ2) is 13.1. The summed E-state index contributed by atoms with van der Waals surface area (Å²) in [5.41, 5.74) is 10.5. The first-order chi connectivity index (χ1) is 21.0. The van der Waals surface area contributed by atoms with E-state index in [0.29, 0.717) is 24.7 Å². The zero-order valence-corrected chi connectivity index (χ0v) is 29.9. The summed E-state index contributed by atoms with van der Waals surface area (Å²) in [6.45, 7) is 28.4. The third-order valence-corrected chi connectivity index (χ3v) is 9.01. The van der Waals surface area contributed by atoms with Crippen molar-refractivity contribution in [3.05, 3.63) is 94.1 Å². The molecule has 0 spiro atoms. The van der Waals surface area contributed by atoms with Crippen LogP contribution in [0.2, 0.25) is 0 Å². The van der Waals surface area contributed by atoms with Crippen molar-refractivity contribution in [2.75, 3.05) is 18.1 Å². The van der Waals surface area contributed by atoms with Crippen LogP contribution in [0.1, 0.15) is 128 Å². The summed E-state index contributed by atoms with van der Waals surface area (Å²) in [5, 5.41) is 0. The minimum atomic E-state index is -0.300. The highest BCUT2D eigenvalue weighted by Gasteiger charge is 2.32. The number of fused-ring (bicyclic) bond motifs is 1. The molecule has 0 bridgehead atoms. The summed E-state index contributed by atoms with van der Waals surface area (Å²) in [7, 11) is 0. The van der Waals surface area contributed by atoms with Gasteiger partial charge in [-0.3, -0.25) is 0 Å². The number of carbonyl (C=O) groups is 1. The predicted octanol–water partition coefficient (Wildman–Crippen LogP) is 10.9. The molecule has 242 valence electrons. The molecular weight excluding hydrogens is 554 g/mol. The molecule has 3 aromatic rings. The molecule has 0 fully saturated rings. The second-order valence-electron chi connectivity index (χ2n) is 15.5. The minimum absolute atomic E-state index is 0.00570. The Labute approximate surface area is 272 Å². The van der Waals surface area contributed by atoms with Crippen LogP contribution in [0.4, 0.5) is 11.4 Å². The summed E-state index contributed by atoms with van der Waals surface area (Å²) in [6, 6.07) is 19.3. The van der Waals surface area contributed by atoms with Crippen molar-refractivity contribution < 1.29 is 14.3 Å². The Morgan fingerprint density at radius 1 is 0.889 bits per heavy atom. The van der Waals surface area contributed by atoms with Crippen LogP contribution in [0.5, 0.6) is 5.75 Å². The van der Waals surface area contributed by atoms with Gasteiger partial charge in [-0.05, 0) is 112 Å².